The normalized spacial score (nSPS) is 12.1. The van der Waals surface area contributed by atoms with E-state index in [0.717, 1.165) is 21.7 Å². The minimum atomic E-state index is -0.379. The second-order valence-electron chi connectivity index (χ2n) is 7.03. The van der Waals surface area contributed by atoms with Gasteiger partial charge in [-0.3, -0.25) is 9.79 Å². The van der Waals surface area contributed by atoms with Crippen molar-refractivity contribution in [2.75, 3.05) is 5.32 Å². The van der Waals surface area contributed by atoms with Gasteiger partial charge in [0, 0.05) is 33.8 Å². The van der Waals surface area contributed by atoms with Crippen molar-refractivity contribution in [1.82, 2.24) is 9.97 Å². The lowest BCUT2D eigenvalue weighted by Gasteiger charge is -2.12. The van der Waals surface area contributed by atoms with Gasteiger partial charge in [-0.05, 0) is 43.3 Å². The fourth-order valence-corrected chi connectivity index (χ4v) is 5.00. The van der Waals surface area contributed by atoms with Crippen LogP contribution in [0.4, 0.5) is 10.8 Å². The summed E-state index contributed by atoms with van der Waals surface area (Å²) in [5.41, 5.74) is 3.00. The van der Waals surface area contributed by atoms with Crippen LogP contribution in [0, 0.1) is 0 Å². The molecule has 0 saturated heterocycles. The summed E-state index contributed by atoms with van der Waals surface area (Å²) in [4.78, 5) is 26.8. The SMILES string of the molecule is C[C@H](Sc1ccccc1N=Cc1cccnc1Cl)C(=O)Nc1nc(-c2ccc(Cl)c(Cl)c2)cs1. The van der Waals surface area contributed by atoms with Crippen molar-refractivity contribution < 1.29 is 4.79 Å². The van der Waals surface area contributed by atoms with Crippen molar-refractivity contribution in [2.45, 2.75) is 17.1 Å². The Hall–Kier alpha value is -2.42. The van der Waals surface area contributed by atoms with Crippen LogP contribution in [0.3, 0.4) is 0 Å². The molecule has 0 aliphatic heterocycles. The molecule has 0 aliphatic rings. The summed E-state index contributed by atoms with van der Waals surface area (Å²) in [5.74, 6) is -0.158. The Morgan fingerprint density at radius 2 is 1.94 bits per heavy atom. The van der Waals surface area contributed by atoms with Gasteiger partial charge in [0.2, 0.25) is 5.91 Å². The van der Waals surface area contributed by atoms with Crippen LogP contribution in [-0.4, -0.2) is 27.3 Å². The number of carbonyl (C=O) groups excluding carboxylic acids is 1. The molecular formula is C24H17Cl3N4OS2. The van der Waals surface area contributed by atoms with Gasteiger partial charge in [-0.1, -0.05) is 53.0 Å². The van der Waals surface area contributed by atoms with Gasteiger partial charge in [0.1, 0.15) is 5.15 Å². The van der Waals surface area contributed by atoms with Crippen LogP contribution in [0.2, 0.25) is 15.2 Å². The number of benzene rings is 2. The third-order valence-corrected chi connectivity index (χ3v) is 7.60. The number of nitrogens with one attached hydrogen (secondary N) is 1. The molecule has 1 atom stereocenters. The fraction of sp³-hybridized carbons (Fsp3) is 0.0833. The van der Waals surface area contributed by atoms with Gasteiger partial charge in [-0.15, -0.1) is 23.1 Å². The number of amides is 1. The van der Waals surface area contributed by atoms with Gasteiger partial charge in [-0.25, -0.2) is 9.97 Å². The summed E-state index contributed by atoms with van der Waals surface area (Å²) in [6, 6.07) is 16.6. The zero-order chi connectivity index (χ0) is 24.1. The average Bonchev–Trinajstić information content (AvgIpc) is 3.29. The summed E-state index contributed by atoms with van der Waals surface area (Å²) in [6.45, 7) is 1.84. The van der Waals surface area contributed by atoms with Crippen LogP contribution in [0.1, 0.15) is 12.5 Å². The number of aliphatic imine (C=N–C) groups is 1. The highest BCUT2D eigenvalue weighted by Gasteiger charge is 2.18. The van der Waals surface area contributed by atoms with Crippen molar-refractivity contribution in [3.8, 4) is 11.3 Å². The molecule has 1 N–H and O–H groups in total. The number of thiazole rings is 1. The van der Waals surface area contributed by atoms with Crippen LogP contribution in [-0.2, 0) is 4.79 Å². The van der Waals surface area contributed by atoms with Gasteiger partial charge in [0.25, 0.3) is 0 Å². The van der Waals surface area contributed by atoms with E-state index < -0.39 is 0 Å². The van der Waals surface area contributed by atoms with Gasteiger partial charge in [-0.2, -0.15) is 0 Å². The number of pyridine rings is 1. The van der Waals surface area contributed by atoms with Gasteiger partial charge in [0.05, 0.1) is 26.7 Å². The lowest BCUT2D eigenvalue weighted by Crippen LogP contribution is -2.22. The quantitative estimate of drug-likeness (QED) is 0.144. The molecule has 2 aromatic heterocycles. The second kappa shape index (κ2) is 11.3. The predicted octanol–water partition coefficient (Wildman–Crippen LogP) is 8.04. The van der Waals surface area contributed by atoms with Crippen molar-refractivity contribution in [2.24, 2.45) is 4.99 Å². The van der Waals surface area contributed by atoms with Crippen LogP contribution in [0.25, 0.3) is 11.3 Å². The maximum atomic E-state index is 12.8. The molecule has 10 heteroatoms. The highest BCUT2D eigenvalue weighted by molar-refractivity contribution is 8.00. The van der Waals surface area contributed by atoms with Crippen molar-refractivity contribution in [1.29, 1.82) is 0 Å². The number of aromatic nitrogens is 2. The largest absolute Gasteiger partial charge is 0.301 e. The zero-order valence-electron chi connectivity index (χ0n) is 17.7. The van der Waals surface area contributed by atoms with E-state index in [1.54, 1.807) is 30.6 Å². The molecule has 1 amide bonds. The lowest BCUT2D eigenvalue weighted by molar-refractivity contribution is -0.115. The molecule has 0 saturated carbocycles. The summed E-state index contributed by atoms with van der Waals surface area (Å²) >= 11 is 21.0. The Bertz CT molecular complexity index is 1360. The highest BCUT2D eigenvalue weighted by atomic mass is 35.5. The number of nitrogens with zero attached hydrogens (tertiary/aromatic N) is 3. The Kier molecular flexibility index (Phi) is 8.24. The molecule has 172 valence electrons. The summed E-state index contributed by atoms with van der Waals surface area (Å²) < 4.78 is 0. The number of carbonyl (C=O) groups is 1. The molecule has 4 aromatic rings. The molecule has 5 nitrogen and oxygen atoms in total. The first-order valence-electron chi connectivity index (χ1n) is 10.0. The van der Waals surface area contributed by atoms with Crippen molar-refractivity contribution in [3.63, 3.8) is 0 Å². The van der Waals surface area contributed by atoms with E-state index in [1.807, 2.05) is 48.7 Å². The smallest absolute Gasteiger partial charge is 0.239 e. The van der Waals surface area contributed by atoms with E-state index >= 15 is 0 Å². The maximum Gasteiger partial charge on any atom is 0.239 e. The van der Waals surface area contributed by atoms with Crippen molar-refractivity contribution in [3.05, 3.63) is 86.9 Å². The monoisotopic (exact) mass is 546 g/mol. The second-order valence-corrected chi connectivity index (χ2v) is 10.4. The van der Waals surface area contributed by atoms with E-state index in [0.29, 0.717) is 26.0 Å². The van der Waals surface area contributed by atoms with Gasteiger partial charge >= 0.3 is 0 Å². The summed E-state index contributed by atoms with van der Waals surface area (Å²) in [7, 11) is 0. The van der Waals surface area contributed by atoms with Crippen molar-refractivity contribution >= 4 is 80.8 Å². The number of hydrogen-bond acceptors (Lipinski definition) is 6. The molecule has 2 heterocycles. The first-order valence-corrected chi connectivity index (χ1v) is 12.9. The van der Waals surface area contributed by atoms with E-state index in [2.05, 4.69) is 20.3 Å². The third kappa shape index (κ3) is 6.17. The number of hydrogen-bond donors (Lipinski definition) is 1. The summed E-state index contributed by atoms with van der Waals surface area (Å²) in [5, 5.41) is 6.20. The third-order valence-electron chi connectivity index (χ3n) is 4.62. The molecule has 0 bridgehead atoms. The van der Waals surface area contributed by atoms with Crippen LogP contribution < -0.4 is 5.32 Å². The zero-order valence-corrected chi connectivity index (χ0v) is 21.6. The van der Waals surface area contributed by atoms with Gasteiger partial charge < -0.3 is 5.32 Å². The minimum absolute atomic E-state index is 0.158. The van der Waals surface area contributed by atoms with E-state index in [-0.39, 0.29) is 11.2 Å². The van der Waals surface area contributed by atoms with E-state index in [1.165, 1.54) is 23.1 Å². The predicted molar refractivity (Wildman–Crippen MR) is 144 cm³/mol. The average molecular weight is 548 g/mol. The standard InChI is InChI=1S/C24H17Cl3N4OS2/c1-14(23(32)31-24-30-20(13-33-24)15-8-9-17(25)18(26)11-15)34-21-7-3-2-6-19(21)29-12-16-5-4-10-28-22(16)27/h2-14H,1H3,(H,30,31,32)/t14-/m0/s1. The maximum absolute atomic E-state index is 12.8. The Morgan fingerprint density at radius 3 is 2.74 bits per heavy atom. The summed E-state index contributed by atoms with van der Waals surface area (Å²) in [6.07, 6.45) is 3.29. The topological polar surface area (TPSA) is 67.2 Å². The van der Waals surface area contributed by atoms with Crippen LogP contribution in [0.15, 0.2) is 76.1 Å². The molecule has 0 aliphatic carbocycles. The number of para-hydroxylation sites is 1. The lowest BCUT2D eigenvalue weighted by atomic mass is 10.2. The number of rotatable bonds is 7. The fourth-order valence-electron chi connectivity index (χ4n) is 2.87. The molecule has 0 radical (unpaired) electrons. The molecule has 4 rings (SSSR count). The van der Waals surface area contributed by atoms with E-state index in [4.69, 9.17) is 34.8 Å². The number of thioether (sulfide) groups is 1. The Morgan fingerprint density at radius 1 is 1.12 bits per heavy atom. The highest BCUT2D eigenvalue weighted by Crippen LogP contribution is 2.34. The molecule has 2 aromatic carbocycles. The molecule has 0 spiro atoms. The first kappa shape index (κ1) is 24.7. The minimum Gasteiger partial charge on any atom is -0.301 e. The molecule has 34 heavy (non-hydrogen) atoms. The number of anilines is 1. The molecule has 0 fully saturated rings. The molecular weight excluding hydrogens is 531 g/mol. The van der Waals surface area contributed by atoms with Gasteiger partial charge in [0.15, 0.2) is 5.13 Å². The Labute approximate surface area is 220 Å². The Balaban J connectivity index is 1.43. The first-order chi connectivity index (χ1) is 16.4. The van der Waals surface area contributed by atoms with Crippen LogP contribution in [0.5, 0.6) is 0 Å². The van der Waals surface area contributed by atoms with Crippen LogP contribution >= 0.6 is 57.9 Å². The molecule has 0 unspecified atom stereocenters. The number of halogens is 3. The van der Waals surface area contributed by atoms with E-state index in [9.17, 15) is 4.79 Å².